The van der Waals surface area contributed by atoms with E-state index in [1.165, 1.54) is 4.31 Å². The molecule has 2 amide bonds. The van der Waals surface area contributed by atoms with E-state index in [4.69, 9.17) is 0 Å². The second kappa shape index (κ2) is 14.0. The van der Waals surface area contributed by atoms with Gasteiger partial charge in [0.05, 0.1) is 10.6 Å². The fourth-order valence-corrected chi connectivity index (χ4v) is 7.07. The van der Waals surface area contributed by atoms with Crippen LogP contribution in [0.5, 0.6) is 0 Å². The number of nitrogens with zero attached hydrogens (tertiary/aromatic N) is 2. The number of carbonyl (C=O) groups excluding carboxylic acids is 2. The number of hydrogen-bond acceptors (Lipinski definition) is 4. The number of nitrogens with one attached hydrogen (secondary N) is 1. The molecule has 0 radical (unpaired) electrons. The summed E-state index contributed by atoms with van der Waals surface area (Å²) in [6.07, 6.45) is 5.02. The van der Waals surface area contributed by atoms with Crippen LogP contribution in [-0.2, 0) is 26.0 Å². The standard InChI is InChI=1S/C34H43N3O4S/c1-5-31(34(39)35-29-13-9-10-14-29)36(22-21-28-11-7-6-8-12-28)33(38)24-37(32-23-26(3)15-18-27(32)4)42(40,41)30-19-16-25(2)17-20-30/h6-8,11-12,15-20,23,29,31H,5,9-10,13-14,21-22,24H2,1-4H3,(H,35,39). The van der Waals surface area contributed by atoms with E-state index in [1.54, 1.807) is 35.2 Å². The zero-order valence-electron chi connectivity index (χ0n) is 25.2. The van der Waals surface area contributed by atoms with Gasteiger partial charge in [0.1, 0.15) is 12.6 Å². The molecule has 0 spiro atoms. The van der Waals surface area contributed by atoms with E-state index in [9.17, 15) is 18.0 Å². The summed E-state index contributed by atoms with van der Waals surface area (Å²) >= 11 is 0. The minimum atomic E-state index is -4.09. The van der Waals surface area contributed by atoms with Crippen LogP contribution in [0.4, 0.5) is 5.69 Å². The summed E-state index contributed by atoms with van der Waals surface area (Å²) < 4.78 is 29.5. The van der Waals surface area contributed by atoms with Crippen molar-refractivity contribution in [2.24, 2.45) is 0 Å². The lowest BCUT2D eigenvalue weighted by Crippen LogP contribution is -2.54. The Labute approximate surface area is 251 Å². The van der Waals surface area contributed by atoms with Crippen LogP contribution in [0.3, 0.4) is 0 Å². The monoisotopic (exact) mass is 589 g/mol. The summed E-state index contributed by atoms with van der Waals surface area (Å²) in [5.74, 6) is -0.582. The normalized spacial score (nSPS) is 14.4. The van der Waals surface area contributed by atoms with Gasteiger partial charge >= 0.3 is 0 Å². The lowest BCUT2D eigenvalue weighted by Gasteiger charge is -2.34. The predicted molar refractivity (Wildman–Crippen MR) is 168 cm³/mol. The quantitative estimate of drug-likeness (QED) is 0.293. The highest BCUT2D eigenvalue weighted by Crippen LogP contribution is 2.29. The van der Waals surface area contributed by atoms with Gasteiger partial charge in [0.25, 0.3) is 10.0 Å². The maximum atomic E-state index is 14.3. The van der Waals surface area contributed by atoms with E-state index < -0.39 is 28.5 Å². The van der Waals surface area contributed by atoms with Gasteiger partial charge in [-0.2, -0.15) is 0 Å². The van der Waals surface area contributed by atoms with Crippen molar-refractivity contribution >= 4 is 27.5 Å². The van der Waals surface area contributed by atoms with Crippen LogP contribution in [0.25, 0.3) is 0 Å². The molecule has 3 aromatic rings. The van der Waals surface area contributed by atoms with Gasteiger partial charge in [0.15, 0.2) is 0 Å². The van der Waals surface area contributed by atoms with Crippen LogP contribution in [0, 0.1) is 20.8 Å². The Morgan fingerprint density at radius 1 is 0.905 bits per heavy atom. The summed E-state index contributed by atoms with van der Waals surface area (Å²) in [6.45, 7) is 7.41. The zero-order valence-corrected chi connectivity index (χ0v) is 26.0. The summed E-state index contributed by atoms with van der Waals surface area (Å²) in [7, 11) is -4.09. The molecule has 0 bridgehead atoms. The van der Waals surface area contributed by atoms with Crippen molar-refractivity contribution in [1.29, 1.82) is 0 Å². The molecular formula is C34H43N3O4S. The number of rotatable bonds is 12. The molecule has 224 valence electrons. The van der Waals surface area contributed by atoms with Crippen molar-refractivity contribution in [1.82, 2.24) is 10.2 Å². The summed E-state index contributed by atoms with van der Waals surface area (Å²) in [5, 5.41) is 3.16. The maximum absolute atomic E-state index is 14.3. The van der Waals surface area contributed by atoms with E-state index in [0.29, 0.717) is 25.1 Å². The van der Waals surface area contributed by atoms with E-state index in [0.717, 1.165) is 47.9 Å². The van der Waals surface area contributed by atoms with Crippen LogP contribution < -0.4 is 9.62 Å². The van der Waals surface area contributed by atoms with Crippen molar-refractivity contribution in [3.63, 3.8) is 0 Å². The van der Waals surface area contributed by atoms with Crippen molar-refractivity contribution in [2.75, 3.05) is 17.4 Å². The van der Waals surface area contributed by atoms with Gasteiger partial charge in [0.2, 0.25) is 11.8 Å². The minimum absolute atomic E-state index is 0.114. The number of sulfonamides is 1. The molecule has 0 saturated heterocycles. The molecule has 3 aromatic carbocycles. The molecule has 4 rings (SSSR count). The Morgan fingerprint density at radius 3 is 2.19 bits per heavy atom. The average Bonchev–Trinajstić information content (AvgIpc) is 3.49. The molecular weight excluding hydrogens is 546 g/mol. The molecule has 0 heterocycles. The maximum Gasteiger partial charge on any atom is 0.264 e. The first-order chi connectivity index (χ1) is 20.1. The van der Waals surface area contributed by atoms with E-state index >= 15 is 0 Å². The topological polar surface area (TPSA) is 86.8 Å². The second-order valence-corrected chi connectivity index (χ2v) is 13.2. The highest BCUT2D eigenvalue weighted by atomic mass is 32.2. The Balaban J connectivity index is 1.70. The van der Waals surface area contributed by atoms with E-state index in [1.807, 2.05) is 70.2 Å². The summed E-state index contributed by atoms with van der Waals surface area (Å²) in [6, 6.07) is 21.5. The Kier molecular flexibility index (Phi) is 10.4. The molecule has 7 nitrogen and oxygen atoms in total. The van der Waals surface area contributed by atoms with Crippen molar-refractivity contribution < 1.29 is 18.0 Å². The number of benzene rings is 3. The molecule has 8 heteroatoms. The number of aryl methyl sites for hydroxylation is 3. The zero-order chi connectivity index (χ0) is 30.3. The van der Waals surface area contributed by atoms with Crippen LogP contribution in [0.15, 0.2) is 77.7 Å². The van der Waals surface area contributed by atoms with E-state index in [2.05, 4.69) is 5.32 Å². The van der Waals surface area contributed by atoms with Gasteiger partial charge in [-0.25, -0.2) is 8.42 Å². The van der Waals surface area contributed by atoms with Gasteiger partial charge in [0, 0.05) is 12.6 Å². The van der Waals surface area contributed by atoms with Crippen LogP contribution in [0.1, 0.15) is 61.3 Å². The third kappa shape index (κ3) is 7.59. The lowest BCUT2D eigenvalue weighted by molar-refractivity contribution is -0.139. The SMILES string of the molecule is CCC(C(=O)NC1CCCC1)N(CCc1ccccc1)C(=O)CN(c1cc(C)ccc1C)S(=O)(=O)c1ccc(C)cc1. The van der Waals surface area contributed by atoms with Gasteiger partial charge in [-0.15, -0.1) is 0 Å². The third-order valence-corrected chi connectivity index (χ3v) is 9.87. The molecule has 1 aliphatic rings. The Morgan fingerprint density at radius 2 is 1.55 bits per heavy atom. The van der Waals surface area contributed by atoms with Crippen molar-refractivity contribution in [2.45, 2.75) is 83.2 Å². The largest absolute Gasteiger partial charge is 0.352 e. The summed E-state index contributed by atoms with van der Waals surface area (Å²) in [4.78, 5) is 29.5. The summed E-state index contributed by atoms with van der Waals surface area (Å²) in [5.41, 5.74) is 4.06. The van der Waals surface area contributed by atoms with Gasteiger partial charge < -0.3 is 10.2 Å². The van der Waals surface area contributed by atoms with Crippen LogP contribution in [-0.4, -0.2) is 50.3 Å². The Bertz CT molecular complexity index is 1470. The predicted octanol–water partition coefficient (Wildman–Crippen LogP) is 5.72. The molecule has 1 fully saturated rings. The average molecular weight is 590 g/mol. The highest BCUT2D eigenvalue weighted by molar-refractivity contribution is 7.92. The highest BCUT2D eigenvalue weighted by Gasteiger charge is 2.34. The van der Waals surface area contributed by atoms with Crippen molar-refractivity contribution in [3.8, 4) is 0 Å². The molecule has 42 heavy (non-hydrogen) atoms. The number of carbonyl (C=O) groups is 2. The second-order valence-electron chi connectivity index (χ2n) is 11.4. The third-order valence-electron chi connectivity index (χ3n) is 8.09. The van der Waals surface area contributed by atoms with Gasteiger partial charge in [-0.3, -0.25) is 13.9 Å². The fraction of sp³-hybridized carbons (Fsp3) is 0.412. The van der Waals surface area contributed by atoms with Gasteiger partial charge in [-0.05, 0) is 81.3 Å². The molecule has 0 aliphatic heterocycles. The first-order valence-electron chi connectivity index (χ1n) is 14.9. The smallest absolute Gasteiger partial charge is 0.264 e. The Hall–Kier alpha value is -3.65. The van der Waals surface area contributed by atoms with Gasteiger partial charge in [-0.1, -0.05) is 79.9 Å². The molecule has 1 unspecified atom stereocenters. The molecule has 1 atom stereocenters. The lowest BCUT2D eigenvalue weighted by atomic mass is 10.1. The molecule has 0 aromatic heterocycles. The van der Waals surface area contributed by atoms with E-state index in [-0.39, 0.29) is 16.8 Å². The fourth-order valence-electron chi connectivity index (χ4n) is 5.60. The number of hydrogen-bond donors (Lipinski definition) is 1. The van der Waals surface area contributed by atoms with Crippen LogP contribution >= 0.6 is 0 Å². The number of anilines is 1. The first-order valence-corrected chi connectivity index (χ1v) is 16.3. The molecule has 1 aliphatic carbocycles. The first kappa shape index (κ1) is 31.3. The van der Waals surface area contributed by atoms with Crippen molar-refractivity contribution in [3.05, 3.63) is 95.1 Å². The number of amides is 2. The minimum Gasteiger partial charge on any atom is -0.352 e. The molecule has 1 saturated carbocycles. The van der Waals surface area contributed by atoms with Crippen LogP contribution in [0.2, 0.25) is 0 Å². The molecule has 1 N–H and O–H groups in total.